The molecule has 1 heterocycles. The molecule has 1 aliphatic rings. The fourth-order valence-electron chi connectivity index (χ4n) is 1.94. The van der Waals surface area contributed by atoms with Crippen LogP contribution in [0.25, 0.3) is 0 Å². The van der Waals surface area contributed by atoms with Gasteiger partial charge in [0.2, 0.25) is 0 Å². The topological polar surface area (TPSA) is 31.4 Å². The number of anilines is 1. The Morgan fingerprint density at radius 1 is 1.28 bits per heavy atom. The van der Waals surface area contributed by atoms with E-state index in [-0.39, 0.29) is 0 Å². The molecule has 0 unspecified atom stereocenters. The highest BCUT2D eigenvalue weighted by Gasteiger charge is 2.20. The zero-order chi connectivity index (χ0) is 13.0. The molecule has 18 heavy (non-hydrogen) atoms. The van der Waals surface area contributed by atoms with Gasteiger partial charge in [0.15, 0.2) is 0 Å². The average Bonchev–Trinajstić information content (AvgIpc) is 3.18. The highest BCUT2D eigenvalue weighted by molar-refractivity contribution is 5.51. The SMILES string of the molecule is CN(C)CCN(C)c1ccncc1CNC1CC1. The summed E-state index contributed by atoms with van der Waals surface area (Å²) in [7, 11) is 6.37. The van der Waals surface area contributed by atoms with Crippen LogP contribution in [0.2, 0.25) is 0 Å². The van der Waals surface area contributed by atoms with Crippen LogP contribution in [-0.2, 0) is 6.54 Å². The smallest absolute Gasteiger partial charge is 0.0440 e. The molecule has 0 saturated heterocycles. The molecule has 0 atom stereocenters. The number of hydrogen-bond donors (Lipinski definition) is 1. The minimum absolute atomic E-state index is 0.741. The number of likely N-dealkylation sites (N-methyl/N-ethyl adjacent to an activating group) is 2. The second-order valence-corrected chi connectivity index (χ2v) is 5.38. The molecule has 100 valence electrons. The Kier molecular flexibility index (Phi) is 4.55. The van der Waals surface area contributed by atoms with Crippen LogP contribution in [-0.4, -0.2) is 50.2 Å². The van der Waals surface area contributed by atoms with Crippen molar-refractivity contribution < 1.29 is 0 Å². The molecule has 1 N–H and O–H groups in total. The summed E-state index contributed by atoms with van der Waals surface area (Å²) in [6, 6.07) is 2.85. The van der Waals surface area contributed by atoms with Crippen molar-refractivity contribution in [3.63, 3.8) is 0 Å². The zero-order valence-corrected chi connectivity index (χ0v) is 11.7. The summed E-state index contributed by atoms with van der Waals surface area (Å²) in [5.74, 6) is 0. The van der Waals surface area contributed by atoms with Crippen molar-refractivity contribution in [1.29, 1.82) is 0 Å². The molecule has 1 saturated carbocycles. The molecule has 0 aliphatic heterocycles. The van der Waals surface area contributed by atoms with Gasteiger partial charge in [0, 0.05) is 56.4 Å². The maximum absolute atomic E-state index is 4.24. The Bertz CT molecular complexity index is 374. The minimum atomic E-state index is 0.741. The number of aromatic nitrogens is 1. The van der Waals surface area contributed by atoms with Crippen molar-refractivity contribution in [3.05, 3.63) is 24.0 Å². The number of hydrogen-bond acceptors (Lipinski definition) is 4. The normalized spacial score (nSPS) is 15.1. The molecular formula is C14H24N4. The molecule has 1 aromatic rings. The van der Waals surface area contributed by atoms with Gasteiger partial charge in [-0.1, -0.05) is 0 Å². The fourth-order valence-corrected chi connectivity index (χ4v) is 1.94. The van der Waals surface area contributed by atoms with E-state index < -0.39 is 0 Å². The van der Waals surface area contributed by atoms with Crippen LogP contribution >= 0.6 is 0 Å². The molecule has 1 aromatic heterocycles. The second kappa shape index (κ2) is 6.16. The van der Waals surface area contributed by atoms with Crippen molar-refractivity contribution in [2.45, 2.75) is 25.4 Å². The van der Waals surface area contributed by atoms with E-state index >= 15 is 0 Å². The van der Waals surface area contributed by atoms with Crippen LogP contribution in [0, 0.1) is 0 Å². The Morgan fingerprint density at radius 2 is 2.06 bits per heavy atom. The molecule has 0 amide bonds. The Hall–Kier alpha value is -1.13. The van der Waals surface area contributed by atoms with Crippen molar-refractivity contribution in [2.24, 2.45) is 0 Å². The minimum Gasteiger partial charge on any atom is -0.373 e. The predicted molar refractivity (Wildman–Crippen MR) is 75.9 cm³/mol. The zero-order valence-electron chi connectivity index (χ0n) is 11.7. The summed E-state index contributed by atoms with van der Waals surface area (Å²) >= 11 is 0. The predicted octanol–water partition coefficient (Wildman–Crippen LogP) is 1.33. The summed E-state index contributed by atoms with van der Waals surface area (Å²) in [5, 5.41) is 3.56. The van der Waals surface area contributed by atoms with Crippen LogP contribution in [0.15, 0.2) is 18.5 Å². The van der Waals surface area contributed by atoms with Gasteiger partial charge in [-0.25, -0.2) is 0 Å². The van der Waals surface area contributed by atoms with Gasteiger partial charge in [-0.15, -0.1) is 0 Å². The third-order valence-electron chi connectivity index (χ3n) is 3.33. The molecule has 0 spiro atoms. The van der Waals surface area contributed by atoms with Gasteiger partial charge in [0.05, 0.1) is 0 Å². The van der Waals surface area contributed by atoms with Crippen molar-refractivity contribution in [1.82, 2.24) is 15.2 Å². The first-order chi connectivity index (χ1) is 8.66. The first-order valence-corrected chi connectivity index (χ1v) is 6.69. The lowest BCUT2D eigenvalue weighted by molar-refractivity contribution is 0.416. The summed E-state index contributed by atoms with van der Waals surface area (Å²) in [6.07, 6.45) is 6.51. The monoisotopic (exact) mass is 248 g/mol. The molecule has 0 aromatic carbocycles. The van der Waals surface area contributed by atoms with Gasteiger partial charge in [0.25, 0.3) is 0 Å². The third-order valence-corrected chi connectivity index (χ3v) is 3.33. The summed E-state index contributed by atoms with van der Waals surface area (Å²) < 4.78 is 0. The Balaban J connectivity index is 1.95. The Morgan fingerprint density at radius 3 is 2.72 bits per heavy atom. The maximum atomic E-state index is 4.24. The number of rotatable bonds is 7. The van der Waals surface area contributed by atoms with Gasteiger partial charge in [-0.3, -0.25) is 4.98 Å². The van der Waals surface area contributed by atoms with E-state index in [0.717, 1.165) is 25.7 Å². The van der Waals surface area contributed by atoms with E-state index in [0.29, 0.717) is 0 Å². The summed E-state index contributed by atoms with van der Waals surface area (Å²) in [5.41, 5.74) is 2.59. The van der Waals surface area contributed by atoms with E-state index in [1.807, 2.05) is 12.4 Å². The fraction of sp³-hybridized carbons (Fsp3) is 0.643. The van der Waals surface area contributed by atoms with Crippen LogP contribution in [0.3, 0.4) is 0 Å². The number of nitrogens with zero attached hydrogens (tertiary/aromatic N) is 3. The molecule has 0 radical (unpaired) electrons. The average molecular weight is 248 g/mol. The van der Waals surface area contributed by atoms with E-state index in [2.05, 4.69) is 47.3 Å². The Labute approximate surface area is 110 Å². The maximum Gasteiger partial charge on any atom is 0.0440 e. The van der Waals surface area contributed by atoms with Gasteiger partial charge in [-0.05, 0) is 33.0 Å². The molecule has 0 bridgehead atoms. The van der Waals surface area contributed by atoms with Crippen molar-refractivity contribution >= 4 is 5.69 Å². The summed E-state index contributed by atoms with van der Waals surface area (Å²) in [4.78, 5) is 8.76. The highest BCUT2D eigenvalue weighted by Crippen LogP contribution is 2.22. The molecule has 4 heteroatoms. The molecule has 1 fully saturated rings. The van der Waals surface area contributed by atoms with E-state index in [1.165, 1.54) is 24.1 Å². The largest absolute Gasteiger partial charge is 0.373 e. The van der Waals surface area contributed by atoms with Crippen LogP contribution in [0.5, 0.6) is 0 Å². The second-order valence-electron chi connectivity index (χ2n) is 5.38. The first kappa shape index (κ1) is 13.3. The van der Waals surface area contributed by atoms with E-state index in [9.17, 15) is 0 Å². The van der Waals surface area contributed by atoms with E-state index in [4.69, 9.17) is 0 Å². The number of pyridine rings is 1. The van der Waals surface area contributed by atoms with Crippen LogP contribution < -0.4 is 10.2 Å². The number of nitrogens with one attached hydrogen (secondary N) is 1. The van der Waals surface area contributed by atoms with Crippen LogP contribution in [0.1, 0.15) is 18.4 Å². The highest BCUT2D eigenvalue weighted by atomic mass is 15.2. The lowest BCUT2D eigenvalue weighted by Gasteiger charge is -2.24. The van der Waals surface area contributed by atoms with Gasteiger partial charge < -0.3 is 15.1 Å². The molecule has 4 nitrogen and oxygen atoms in total. The third kappa shape index (κ3) is 3.96. The van der Waals surface area contributed by atoms with Crippen molar-refractivity contribution in [3.8, 4) is 0 Å². The van der Waals surface area contributed by atoms with E-state index in [1.54, 1.807) is 0 Å². The van der Waals surface area contributed by atoms with Crippen molar-refractivity contribution in [2.75, 3.05) is 39.1 Å². The van der Waals surface area contributed by atoms with Gasteiger partial charge >= 0.3 is 0 Å². The van der Waals surface area contributed by atoms with Gasteiger partial charge in [-0.2, -0.15) is 0 Å². The molecule has 1 aliphatic carbocycles. The lowest BCUT2D eigenvalue weighted by atomic mass is 10.2. The standard InChI is InChI=1S/C14H24N4/c1-17(2)8-9-18(3)14-6-7-15-10-12(14)11-16-13-4-5-13/h6-7,10,13,16H,4-5,8-9,11H2,1-3H3. The van der Waals surface area contributed by atoms with Gasteiger partial charge in [0.1, 0.15) is 0 Å². The summed E-state index contributed by atoms with van der Waals surface area (Å²) in [6.45, 7) is 3.03. The molecule has 2 rings (SSSR count). The first-order valence-electron chi connectivity index (χ1n) is 6.69. The molecular weight excluding hydrogens is 224 g/mol. The lowest BCUT2D eigenvalue weighted by Crippen LogP contribution is -2.29. The van der Waals surface area contributed by atoms with Crippen LogP contribution in [0.4, 0.5) is 5.69 Å². The quantitative estimate of drug-likeness (QED) is 0.789.